The van der Waals surface area contributed by atoms with Crippen LogP contribution in [0.3, 0.4) is 0 Å². The van der Waals surface area contributed by atoms with Crippen LogP contribution in [0.5, 0.6) is 0 Å². The summed E-state index contributed by atoms with van der Waals surface area (Å²) in [4.78, 5) is 8.74. The lowest BCUT2D eigenvalue weighted by molar-refractivity contribution is 0.653. The summed E-state index contributed by atoms with van der Waals surface area (Å²) in [6.07, 6.45) is 5.86. The molecule has 0 saturated carbocycles. The number of thioether (sulfide) groups is 1. The van der Waals surface area contributed by atoms with Gasteiger partial charge in [0, 0.05) is 11.1 Å². The SMILES string of the molecule is C(=C\c1ccccc1)/CSc1ncnc2c1oc1ccccc12. The molecule has 0 N–H and O–H groups in total. The maximum absolute atomic E-state index is 5.93. The minimum Gasteiger partial charge on any atom is -0.451 e. The van der Waals surface area contributed by atoms with Crippen LogP contribution < -0.4 is 0 Å². The summed E-state index contributed by atoms with van der Waals surface area (Å²) in [7, 11) is 0. The predicted molar refractivity (Wildman–Crippen MR) is 95.5 cm³/mol. The Morgan fingerprint density at radius 3 is 2.70 bits per heavy atom. The highest BCUT2D eigenvalue weighted by Gasteiger charge is 2.12. The number of hydrogen-bond acceptors (Lipinski definition) is 4. The average molecular weight is 318 g/mol. The molecule has 0 unspecified atom stereocenters. The molecule has 4 rings (SSSR count). The minimum atomic E-state index is 0.770. The van der Waals surface area contributed by atoms with E-state index >= 15 is 0 Å². The summed E-state index contributed by atoms with van der Waals surface area (Å²) >= 11 is 1.65. The number of aromatic nitrogens is 2. The fraction of sp³-hybridized carbons (Fsp3) is 0.0526. The fourth-order valence-corrected chi connectivity index (χ4v) is 3.22. The predicted octanol–water partition coefficient (Wildman–Crippen LogP) is 5.18. The zero-order valence-corrected chi connectivity index (χ0v) is 13.2. The molecule has 0 aliphatic rings. The van der Waals surface area contributed by atoms with Crippen LogP contribution in [0.15, 0.2) is 76.4 Å². The van der Waals surface area contributed by atoms with Gasteiger partial charge in [-0.1, -0.05) is 66.4 Å². The summed E-state index contributed by atoms with van der Waals surface area (Å²) < 4.78 is 5.93. The third-order valence-electron chi connectivity index (χ3n) is 3.55. The van der Waals surface area contributed by atoms with Gasteiger partial charge in [0.15, 0.2) is 5.58 Å². The van der Waals surface area contributed by atoms with Gasteiger partial charge in [0.05, 0.1) is 0 Å². The fourth-order valence-electron chi connectivity index (χ4n) is 2.48. The first kappa shape index (κ1) is 14.0. The lowest BCUT2D eigenvalue weighted by Gasteiger charge is -1.97. The van der Waals surface area contributed by atoms with Gasteiger partial charge in [-0.2, -0.15) is 0 Å². The molecule has 4 aromatic rings. The molecule has 2 aromatic carbocycles. The van der Waals surface area contributed by atoms with E-state index in [0.717, 1.165) is 32.8 Å². The first-order valence-corrected chi connectivity index (χ1v) is 8.37. The van der Waals surface area contributed by atoms with E-state index in [2.05, 4.69) is 34.3 Å². The molecule has 0 aliphatic carbocycles. The highest BCUT2D eigenvalue weighted by Crippen LogP contribution is 2.32. The van der Waals surface area contributed by atoms with Crippen LogP contribution in [-0.2, 0) is 0 Å². The summed E-state index contributed by atoms with van der Waals surface area (Å²) in [5.74, 6) is 0.831. The Morgan fingerprint density at radius 2 is 1.78 bits per heavy atom. The van der Waals surface area contributed by atoms with E-state index in [1.807, 2.05) is 42.5 Å². The first-order chi connectivity index (χ1) is 11.4. The average Bonchev–Trinajstić information content (AvgIpc) is 2.99. The highest BCUT2D eigenvalue weighted by molar-refractivity contribution is 7.99. The van der Waals surface area contributed by atoms with Gasteiger partial charge in [-0.15, -0.1) is 0 Å². The van der Waals surface area contributed by atoms with Crippen LogP contribution in [0.4, 0.5) is 0 Å². The van der Waals surface area contributed by atoms with E-state index < -0.39 is 0 Å². The van der Waals surface area contributed by atoms with Gasteiger partial charge in [-0.3, -0.25) is 0 Å². The van der Waals surface area contributed by atoms with Crippen molar-refractivity contribution in [1.29, 1.82) is 0 Å². The number of nitrogens with zero attached hydrogens (tertiary/aromatic N) is 2. The molecule has 0 amide bonds. The lowest BCUT2D eigenvalue weighted by Crippen LogP contribution is -1.84. The lowest BCUT2D eigenvalue weighted by atomic mass is 10.2. The van der Waals surface area contributed by atoms with Crippen LogP contribution in [-0.4, -0.2) is 15.7 Å². The van der Waals surface area contributed by atoms with E-state index in [-0.39, 0.29) is 0 Å². The van der Waals surface area contributed by atoms with E-state index in [1.54, 1.807) is 18.1 Å². The zero-order chi connectivity index (χ0) is 15.5. The van der Waals surface area contributed by atoms with Gasteiger partial charge in [-0.25, -0.2) is 9.97 Å². The quantitative estimate of drug-likeness (QED) is 0.384. The smallest absolute Gasteiger partial charge is 0.186 e. The molecule has 0 aliphatic heterocycles. The largest absolute Gasteiger partial charge is 0.451 e. The van der Waals surface area contributed by atoms with Crippen LogP contribution in [0, 0.1) is 0 Å². The van der Waals surface area contributed by atoms with Crippen molar-refractivity contribution in [2.75, 3.05) is 5.75 Å². The maximum atomic E-state index is 5.93. The molecule has 4 heteroatoms. The summed E-state index contributed by atoms with van der Waals surface area (Å²) in [5, 5.41) is 1.91. The minimum absolute atomic E-state index is 0.770. The number of rotatable bonds is 4. The zero-order valence-electron chi connectivity index (χ0n) is 12.3. The number of hydrogen-bond donors (Lipinski definition) is 0. The van der Waals surface area contributed by atoms with Crippen molar-refractivity contribution < 1.29 is 4.42 Å². The Balaban J connectivity index is 1.58. The van der Waals surface area contributed by atoms with Crippen molar-refractivity contribution in [3.05, 3.63) is 72.6 Å². The van der Waals surface area contributed by atoms with Gasteiger partial charge in [0.25, 0.3) is 0 Å². The van der Waals surface area contributed by atoms with Crippen molar-refractivity contribution in [1.82, 2.24) is 9.97 Å². The van der Waals surface area contributed by atoms with Gasteiger partial charge >= 0.3 is 0 Å². The van der Waals surface area contributed by atoms with Gasteiger partial charge < -0.3 is 4.42 Å². The van der Waals surface area contributed by atoms with Gasteiger partial charge in [0.1, 0.15) is 22.5 Å². The van der Waals surface area contributed by atoms with E-state index in [0.29, 0.717) is 0 Å². The second-order valence-corrected chi connectivity index (χ2v) is 6.09. The monoisotopic (exact) mass is 318 g/mol. The molecule has 2 aromatic heterocycles. The Labute approximate surface area is 138 Å². The molecular weight excluding hydrogens is 304 g/mol. The molecule has 0 radical (unpaired) electrons. The molecule has 0 fully saturated rings. The molecule has 0 bridgehead atoms. The van der Waals surface area contributed by atoms with E-state index in [1.165, 1.54) is 5.56 Å². The third-order valence-corrected chi connectivity index (χ3v) is 4.47. The van der Waals surface area contributed by atoms with E-state index in [4.69, 9.17) is 4.42 Å². The standard InChI is InChI=1S/C19H14N2OS/c1-2-7-14(8-3-1)9-6-12-23-19-18-17(20-13-21-19)15-10-4-5-11-16(15)22-18/h1-11,13H,12H2/b9-6+. The topological polar surface area (TPSA) is 38.9 Å². The normalized spacial score (nSPS) is 11.7. The number of furan rings is 1. The van der Waals surface area contributed by atoms with Crippen molar-refractivity contribution in [3.8, 4) is 0 Å². The molecule has 3 nitrogen and oxygen atoms in total. The summed E-state index contributed by atoms with van der Waals surface area (Å²) in [5.41, 5.74) is 3.70. The number of fused-ring (bicyclic) bond motifs is 3. The molecule has 0 spiro atoms. The Bertz CT molecular complexity index is 976. The van der Waals surface area contributed by atoms with Crippen molar-refractivity contribution in [3.63, 3.8) is 0 Å². The van der Waals surface area contributed by atoms with E-state index in [9.17, 15) is 0 Å². The molecular formula is C19H14N2OS. The Kier molecular flexibility index (Phi) is 3.82. The first-order valence-electron chi connectivity index (χ1n) is 7.38. The van der Waals surface area contributed by atoms with Crippen LogP contribution in [0.25, 0.3) is 28.1 Å². The molecule has 2 heterocycles. The Morgan fingerprint density at radius 1 is 0.957 bits per heavy atom. The maximum Gasteiger partial charge on any atom is 0.186 e. The second kappa shape index (κ2) is 6.26. The number of benzene rings is 2. The third kappa shape index (κ3) is 2.85. The molecule has 0 atom stereocenters. The summed E-state index contributed by atoms with van der Waals surface area (Å²) in [6.45, 7) is 0. The van der Waals surface area contributed by atoms with Gasteiger partial charge in [0.2, 0.25) is 0 Å². The molecule has 23 heavy (non-hydrogen) atoms. The van der Waals surface area contributed by atoms with Crippen molar-refractivity contribution >= 4 is 39.9 Å². The molecule has 112 valence electrons. The van der Waals surface area contributed by atoms with Crippen molar-refractivity contribution in [2.45, 2.75) is 5.03 Å². The van der Waals surface area contributed by atoms with Crippen molar-refractivity contribution in [2.24, 2.45) is 0 Å². The highest BCUT2D eigenvalue weighted by atomic mass is 32.2. The van der Waals surface area contributed by atoms with Crippen LogP contribution in [0.2, 0.25) is 0 Å². The van der Waals surface area contributed by atoms with Crippen LogP contribution >= 0.6 is 11.8 Å². The number of para-hydroxylation sites is 1. The Hall–Kier alpha value is -2.59. The second-order valence-electron chi connectivity index (χ2n) is 5.08. The summed E-state index contributed by atoms with van der Waals surface area (Å²) in [6, 6.07) is 18.2. The van der Waals surface area contributed by atoms with Crippen LogP contribution in [0.1, 0.15) is 5.56 Å². The molecule has 0 saturated heterocycles. The van der Waals surface area contributed by atoms with Gasteiger partial charge in [-0.05, 0) is 17.7 Å².